The van der Waals surface area contributed by atoms with Crippen molar-refractivity contribution in [3.8, 4) is 39.1 Å². The zero-order chi connectivity index (χ0) is 37.5. The van der Waals surface area contributed by atoms with Crippen molar-refractivity contribution in [3.05, 3.63) is 207 Å². The Balaban J connectivity index is 1.08. The molecule has 0 N–H and O–H groups in total. The van der Waals surface area contributed by atoms with Crippen LogP contribution in [0.2, 0.25) is 0 Å². The van der Waals surface area contributed by atoms with E-state index in [4.69, 9.17) is 0 Å². The van der Waals surface area contributed by atoms with Crippen LogP contribution in [0.4, 0.5) is 0 Å². The number of rotatable bonds is 4. The van der Waals surface area contributed by atoms with Gasteiger partial charge in [-0.3, -0.25) is 4.98 Å². The standard InChI is InChI=1S/C55H34N2/c1-3-13-35(14-4-1)39-27-28-40(42-18-8-7-17-41(39)42)36-23-25-46-47-26-24-37(32-51(47)44-20-10-9-19-43(44)50(46)31-36)49-33-52-53-34-56-30-29-54(53)57(38-15-5-2-6-16-38)55(52)48-22-12-11-21-45(48)49/h1-34H. The van der Waals surface area contributed by atoms with Crippen LogP contribution in [0.25, 0.3) is 115 Å². The summed E-state index contributed by atoms with van der Waals surface area (Å²) in [5.74, 6) is 0. The average Bonchev–Trinajstić information content (AvgIpc) is 3.63. The lowest BCUT2D eigenvalue weighted by molar-refractivity contribution is 1.18. The van der Waals surface area contributed by atoms with Gasteiger partial charge in [-0.05, 0) is 118 Å². The summed E-state index contributed by atoms with van der Waals surface area (Å²) >= 11 is 0. The molecule has 0 unspecified atom stereocenters. The fourth-order valence-corrected chi connectivity index (χ4v) is 9.51. The lowest BCUT2D eigenvalue weighted by atomic mass is 9.88. The van der Waals surface area contributed by atoms with Crippen LogP contribution in [-0.4, -0.2) is 9.55 Å². The molecule has 0 fully saturated rings. The summed E-state index contributed by atoms with van der Waals surface area (Å²) in [6.07, 6.45) is 3.92. The van der Waals surface area contributed by atoms with Crippen molar-refractivity contribution >= 4 is 75.7 Å². The Hall–Kier alpha value is -7.55. The zero-order valence-corrected chi connectivity index (χ0v) is 31.0. The molecule has 0 aliphatic heterocycles. The Morgan fingerprint density at radius 3 is 1.42 bits per heavy atom. The first-order valence-electron chi connectivity index (χ1n) is 19.6. The molecule has 57 heavy (non-hydrogen) atoms. The SMILES string of the molecule is c1ccc(-c2ccc(-c3ccc4c5ccc(-c6cc7c8cnccc8n(-c8ccccc8)c7c7ccccc67)cc5c5ccccc5c4c3)c3ccccc23)cc1. The molecule has 0 radical (unpaired) electrons. The molecule has 2 nitrogen and oxygen atoms in total. The molecule has 2 heterocycles. The Morgan fingerprint density at radius 2 is 0.789 bits per heavy atom. The van der Waals surface area contributed by atoms with Gasteiger partial charge in [-0.2, -0.15) is 0 Å². The molecule has 0 amide bonds. The molecule has 0 atom stereocenters. The molecule has 264 valence electrons. The normalized spacial score (nSPS) is 11.9. The van der Waals surface area contributed by atoms with Crippen molar-refractivity contribution in [3.63, 3.8) is 0 Å². The van der Waals surface area contributed by atoms with E-state index in [-0.39, 0.29) is 0 Å². The van der Waals surface area contributed by atoms with E-state index < -0.39 is 0 Å². The minimum atomic E-state index is 1.14. The third-order valence-corrected chi connectivity index (χ3v) is 12.1. The predicted molar refractivity (Wildman–Crippen MR) is 242 cm³/mol. The van der Waals surface area contributed by atoms with Crippen molar-refractivity contribution in [2.45, 2.75) is 0 Å². The molecule has 0 aliphatic carbocycles. The Morgan fingerprint density at radius 1 is 0.298 bits per heavy atom. The van der Waals surface area contributed by atoms with Crippen LogP contribution in [0.5, 0.6) is 0 Å². The smallest absolute Gasteiger partial charge is 0.0620 e. The molecule has 0 saturated heterocycles. The summed E-state index contributed by atoms with van der Waals surface area (Å²) in [7, 11) is 0. The van der Waals surface area contributed by atoms with E-state index in [1.165, 1.54) is 98.1 Å². The van der Waals surface area contributed by atoms with E-state index in [0.29, 0.717) is 0 Å². The van der Waals surface area contributed by atoms with E-state index in [1.54, 1.807) is 0 Å². The van der Waals surface area contributed by atoms with E-state index in [9.17, 15) is 0 Å². The van der Waals surface area contributed by atoms with E-state index >= 15 is 0 Å². The van der Waals surface area contributed by atoms with Crippen LogP contribution in [0.1, 0.15) is 0 Å². The second-order valence-corrected chi connectivity index (χ2v) is 15.1. The first-order chi connectivity index (χ1) is 28.3. The number of fused-ring (bicyclic) bond motifs is 12. The highest BCUT2D eigenvalue weighted by molar-refractivity contribution is 6.27. The lowest BCUT2D eigenvalue weighted by Gasteiger charge is -2.16. The molecular weight excluding hydrogens is 689 g/mol. The first kappa shape index (κ1) is 31.8. The Labute approximate surface area is 329 Å². The summed E-state index contributed by atoms with van der Waals surface area (Å²) in [6.45, 7) is 0. The fourth-order valence-electron chi connectivity index (χ4n) is 9.51. The molecule has 0 bridgehead atoms. The van der Waals surface area contributed by atoms with Crippen LogP contribution in [0, 0.1) is 0 Å². The van der Waals surface area contributed by atoms with Gasteiger partial charge in [0.1, 0.15) is 0 Å². The zero-order valence-electron chi connectivity index (χ0n) is 31.0. The van der Waals surface area contributed by atoms with Crippen molar-refractivity contribution in [1.29, 1.82) is 0 Å². The molecule has 0 spiro atoms. The van der Waals surface area contributed by atoms with Crippen LogP contribution in [-0.2, 0) is 0 Å². The predicted octanol–water partition coefficient (Wildman–Crippen LogP) is 14.9. The largest absolute Gasteiger partial charge is 0.309 e. The van der Waals surface area contributed by atoms with Gasteiger partial charge in [-0.1, -0.05) is 158 Å². The van der Waals surface area contributed by atoms with Gasteiger partial charge < -0.3 is 4.57 Å². The Bertz CT molecular complexity index is 3540. The van der Waals surface area contributed by atoms with E-state index in [2.05, 4.69) is 204 Å². The topological polar surface area (TPSA) is 17.8 Å². The first-order valence-corrected chi connectivity index (χ1v) is 19.6. The summed E-state index contributed by atoms with van der Waals surface area (Å²) in [4.78, 5) is 4.60. The number of para-hydroxylation sites is 1. The van der Waals surface area contributed by atoms with Crippen molar-refractivity contribution in [2.24, 2.45) is 0 Å². The van der Waals surface area contributed by atoms with Crippen molar-refractivity contribution < 1.29 is 0 Å². The van der Waals surface area contributed by atoms with Gasteiger partial charge in [0.05, 0.1) is 11.0 Å². The maximum atomic E-state index is 4.60. The quantitative estimate of drug-likeness (QED) is 0.165. The number of hydrogen-bond acceptors (Lipinski definition) is 1. The maximum Gasteiger partial charge on any atom is 0.0620 e. The summed E-state index contributed by atoms with van der Waals surface area (Å²) in [5.41, 5.74) is 10.9. The molecule has 12 rings (SSSR count). The highest BCUT2D eigenvalue weighted by Gasteiger charge is 2.19. The van der Waals surface area contributed by atoms with Crippen LogP contribution in [0.15, 0.2) is 207 Å². The maximum absolute atomic E-state index is 4.60. The molecule has 0 saturated carbocycles. The molecular formula is C55H34N2. The van der Waals surface area contributed by atoms with Gasteiger partial charge in [0.15, 0.2) is 0 Å². The number of aromatic nitrogens is 2. The molecule has 12 aromatic rings. The van der Waals surface area contributed by atoms with Crippen LogP contribution >= 0.6 is 0 Å². The fraction of sp³-hybridized carbons (Fsp3) is 0. The van der Waals surface area contributed by atoms with Crippen molar-refractivity contribution in [1.82, 2.24) is 9.55 Å². The molecule has 2 aromatic heterocycles. The van der Waals surface area contributed by atoms with E-state index in [1.807, 2.05) is 12.4 Å². The lowest BCUT2D eigenvalue weighted by Crippen LogP contribution is -1.94. The van der Waals surface area contributed by atoms with Gasteiger partial charge in [-0.25, -0.2) is 0 Å². The molecule has 10 aromatic carbocycles. The van der Waals surface area contributed by atoms with Crippen molar-refractivity contribution in [2.75, 3.05) is 0 Å². The summed E-state index contributed by atoms with van der Waals surface area (Å²) in [6, 6.07) is 71.2. The molecule has 2 heteroatoms. The van der Waals surface area contributed by atoms with Gasteiger partial charge in [0.25, 0.3) is 0 Å². The second-order valence-electron chi connectivity index (χ2n) is 15.1. The molecule has 0 aliphatic rings. The average molecular weight is 723 g/mol. The number of hydrogen-bond donors (Lipinski definition) is 0. The third-order valence-electron chi connectivity index (χ3n) is 12.1. The number of pyridine rings is 1. The van der Waals surface area contributed by atoms with Gasteiger partial charge in [0.2, 0.25) is 0 Å². The summed E-state index contributed by atoms with van der Waals surface area (Å²) in [5, 5.41) is 14.9. The van der Waals surface area contributed by atoms with Gasteiger partial charge in [-0.15, -0.1) is 0 Å². The number of benzene rings is 10. The highest BCUT2D eigenvalue weighted by Crippen LogP contribution is 2.44. The number of nitrogens with zero attached hydrogens (tertiary/aromatic N) is 2. The second kappa shape index (κ2) is 12.5. The van der Waals surface area contributed by atoms with E-state index in [0.717, 1.165) is 16.6 Å². The minimum absolute atomic E-state index is 1.14. The third kappa shape index (κ3) is 4.81. The Kier molecular flexibility index (Phi) is 6.96. The van der Waals surface area contributed by atoms with Crippen LogP contribution in [0.3, 0.4) is 0 Å². The van der Waals surface area contributed by atoms with Gasteiger partial charge >= 0.3 is 0 Å². The minimum Gasteiger partial charge on any atom is -0.309 e. The summed E-state index contributed by atoms with van der Waals surface area (Å²) < 4.78 is 2.40. The highest BCUT2D eigenvalue weighted by atomic mass is 15.0. The van der Waals surface area contributed by atoms with Gasteiger partial charge in [0, 0.05) is 34.2 Å². The monoisotopic (exact) mass is 722 g/mol. The van der Waals surface area contributed by atoms with Crippen LogP contribution < -0.4 is 0 Å².